The largest absolute Gasteiger partial charge is 0.391 e. The van der Waals surface area contributed by atoms with Crippen molar-refractivity contribution in [2.45, 2.75) is 22.9 Å². The van der Waals surface area contributed by atoms with Gasteiger partial charge in [0.15, 0.2) is 0 Å². The molecule has 3 aromatic carbocycles. The average molecular weight is 363 g/mol. The van der Waals surface area contributed by atoms with Gasteiger partial charge >= 0.3 is 0 Å². The summed E-state index contributed by atoms with van der Waals surface area (Å²) in [5, 5.41) is 14.5. The third kappa shape index (κ3) is 5.48. The van der Waals surface area contributed by atoms with E-state index in [-0.39, 0.29) is 5.25 Å². The Balaban J connectivity index is 1.66. The molecule has 0 radical (unpaired) electrons. The van der Waals surface area contributed by atoms with E-state index in [1.165, 1.54) is 6.21 Å². The Bertz CT molecular complexity index is 794. The monoisotopic (exact) mass is 363 g/mol. The molecule has 0 aromatic heterocycles. The van der Waals surface area contributed by atoms with Crippen LogP contribution in [0, 0.1) is 0 Å². The van der Waals surface area contributed by atoms with Crippen LogP contribution in [-0.2, 0) is 11.4 Å². The molecule has 132 valence electrons. The quantitative estimate of drug-likeness (QED) is 0.345. The molecular formula is C22H21NO2S. The topological polar surface area (TPSA) is 41.8 Å². The Morgan fingerprint density at radius 3 is 2.08 bits per heavy atom. The molecule has 0 aliphatic carbocycles. The van der Waals surface area contributed by atoms with Crippen LogP contribution in [0.15, 0.2) is 101 Å². The molecule has 26 heavy (non-hydrogen) atoms. The van der Waals surface area contributed by atoms with Crippen LogP contribution < -0.4 is 0 Å². The molecule has 0 bridgehead atoms. The van der Waals surface area contributed by atoms with Crippen molar-refractivity contribution in [3.63, 3.8) is 0 Å². The zero-order valence-corrected chi connectivity index (χ0v) is 15.1. The number of thioether (sulfide) groups is 1. The highest BCUT2D eigenvalue weighted by Crippen LogP contribution is 2.37. The summed E-state index contributed by atoms with van der Waals surface area (Å²) >= 11 is 1.61. The van der Waals surface area contributed by atoms with E-state index in [1.807, 2.05) is 91.0 Å². The molecule has 3 aromatic rings. The molecule has 0 aliphatic heterocycles. The second kappa shape index (κ2) is 9.80. The number of benzene rings is 3. The van der Waals surface area contributed by atoms with Crippen LogP contribution in [0.25, 0.3) is 0 Å². The summed E-state index contributed by atoms with van der Waals surface area (Å²) in [5.74, 6) is 0. The molecule has 1 N–H and O–H groups in total. The first-order valence-electron chi connectivity index (χ1n) is 8.47. The fourth-order valence-corrected chi connectivity index (χ4v) is 3.60. The molecule has 0 unspecified atom stereocenters. The number of aliphatic hydroxyl groups excluding tert-OH is 1. The van der Waals surface area contributed by atoms with E-state index in [4.69, 9.17) is 4.84 Å². The standard InChI is InChI=1S/C22H21NO2S/c24-21(16-23-25-17-18-10-4-1-5-11-18)22(19-12-6-2-7-13-19)26-20-14-8-3-9-15-20/h1-16,21-22,24H,17H2/b23-16+/t21-,22+/m0/s1. The summed E-state index contributed by atoms with van der Waals surface area (Å²) in [5.41, 5.74) is 2.08. The average Bonchev–Trinajstić information content (AvgIpc) is 2.71. The second-order valence-corrected chi connectivity index (χ2v) is 6.98. The molecule has 2 atom stereocenters. The molecule has 0 aliphatic rings. The summed E-state index contributed by atoms with van der Waals surface area (Å²) in [6.45, 7) is 0.381. The van der Waals surface area contributed by atoms with Crippen LogP contribution in [-0.4, -0.2) is 17.4 Å². The van der Waals surface area contributed by atoms with Crippen molar-refractivity contribution in [1.82, 2.24) is 0 Å². The number of hydrogen-bond acceptors (Lipinski definition) is 4. The van der Waals surface area contributed by atoms with Gasteiger partial charge in [0.2, 0.25) is 0 Å². The van der Waals surface area contributed by atoms with Gasteiger partial charge < -0.3 is 9.94 Å². The Kier molecular flexibility index (Phi) is 6.88. The van der Waals surface area contributed by atoms with Crippen molar-refractivity contribution >= 4 is 18.0 Å². The van der Waals surface area contributed by atoms with Gasteiger partial charge in [-0.05, 0) is 23.3 Å². The van der Waals surface area contributed by atoms with Crippen molar-refractivity contribution in [1.29, 1.82) is 0 Å². The smallest absolute Gasteiger partial charge is 0.142 e. The first-order chi connectivity index (χ1) is 12.8. The summed E-state index contributed by atoms with van der Waals surface area (Å²) in [6.07, 6.45) is 0.703. The molecule has 4 heteroatoms. The molecule has 0 heterocycles. The van der Waals surface area contributed by atoms with Crippen molar-refractivity contribution < 1.29 is 9.94 Å². The van der Waals surface area contributed by atoms with Gasteiger partial charge in [-0.1, -0.05) is 84.0 Å². The maximum absolute atomic E-state index is 10.7. The van der Waals surface area contributed by atoms with Crippen LogP contribution >= 0.6 is 11.8 Å². The van der Waals surface area contributed by atoms with Crippen molar-refractivity contribution in [2.75, 3.05) is 0 Å². The highest BCUT2D eigenvalue weighted by atomic mass is 32.2. The molecular weight excluding hydrogens is 342 g/mol. The number of rotatable bonds is 8. The van der Waals surface area contributed by atoms with E-state index >= 15 is 0 Å². The van der Waals surface area contributed by atoms with Gasteiger partial charge in [0.1, 0.15) is 12.7 Å². The first kappa shape index (κ1) is 18.2. The predicted octanol–water partition coefficient (Wildman–Crippen LogP) is 5.08. The SMILES string of the molecule is O[C@@H](/C=N/OCc1ccccc1)[C@H](Sc1ccccc1)c1ccccc1. The number of aliphatic hydroxyl groups is 1. The molecule has 0 spiro atoms. The van der Waals surface area contributed by atoms with Crippen molar-refractivity contribution in [3.8, 4) is 0 Å². The van der Waals surface area contributed by atoms with Gasteiger partial charge in [0.25, 0.3) is 0 Å². The minimum Gasteiger partial charge on any atom is -0.391 e. The first-order valence-corrected chi connectivity index (χ1v) is 9.35. The fraction of sp³-hybridized carbons (Fsp3) is 0.136. The van der Waals surface area contributed by atoms with Crippen molar-refractivity contribution in [3.05, 3.63) is 102 Å². The van der Waals surface area contributed by atoms with Gasteiger partial charge in [-0.15, -0.1) is 11.8 Å². The van der Waals surface area contributed by atoms with Crippen LogP contribution in [0.4, 0.5) is 0 Å². The summed E-state index contributed by atoms with van der Waals surface area (Å²) in [4.78, 5) is 6.42. The maximum atomic E-state index is 10.7. The van der Waals surface area contributed by atoms with Crippen molar-refractivity contribution in [2.24, 2.45) is 5.16 Å². The summed E-state index contributed by atoms with van der Waals surface area (Å²) < 4.78 is 0. The lowest BCUT2D eigenvalue weighted by atomic mass is 10.1. The van der Waals surface area contributed by atoms with Crippen LogP contribution in [0.1, 0.15) is 16.4 Å². The van der Waals surface area contributed by atoms with E-state index < -0.39 is 6.10 Å². The van der Waals surface area contributed by atoms with Gasteiger partial charge in [0, 0.05) is 4.90 Å². The van der Waals surface area contributed by atoms with E-state index in [0.29, 0.717) is 6.61 Å². The van der Waals surface area contributed by atoms with Gasteiger partial charge in [-0.2, -0.15) is 0 Å². The zero-order chi connectivity index (χ0) is 18.0. The third-order valence-electron chi connectivity index (χ3n) is 3.81. The number of nitrogens with zero attached hydrogens (tertiary/aromatic N) is 1. The summed E-state index contributed by atoms with van der Waals surface area (Å²) in [6, 6.07) is 29.8. The maximum Gasteiger partial charge on any atom is 0.142 e. The number of oxime groups is 1. The van der Waals surface area contributed by atoms with Gasteiger partial charge in [-0.3, -0.25) is 0 Å². The predicted molar refractivity (Wildman–Crippen MR) is 107 cm³/mol. The second-order valence-electron chi connectivity index (χ2n) is 5.77. The van der Waals surface area contributed by atoms with Gasteiger partial charge in [-0.25, -0.2) is 0 Å². The Hall–Kier alpha value is -2.56. The Morgan fingerprint density at radius 1 is 0.846 bits per heavy atom. The third-order valence-corrected chi connectivity index (χ3v) is 5.16. The molecule has 0 saturated heterocycles. The van der Waals surface area contributed by atoms with E-state index in [1.54, 1.807) is 11.8 Å². The fourth-order valence-electron chi connectivity index (χ4n) is 2.49. The lowest BCUT2D eigenvalue weighted by Gasteiger charge is -2.20. The Morgan fingerprint density at radius 2 is 1.42 bits per heavy atom. The minimum atomic E-state index is -0.765. The molecule has 0 saturated carbocycles. The van der Waals surface area contributed by atoms with E-state index in [0.717, 1.165) is 16.0 Å². The van der Waals surface area contributed by atoms with Gasteiger partial charge in [0.05, 0.1) is 11.5 Å². The van der Waals surface area contributed by atoms with E-state index in [2.05, 4.69) is 5.16 Å². The highest BCUT2D eigenvalue weighted by Gasteiger charge is 2.21. The zero-order valence-electron chi connectivity index (χ0n) is 14.3. The summed E-state index contributed by atoms with van der Waals surface area (Å²) in [7, 11) is 0. The molecule has 0 fully saturated rings. The van der Waals surface area contributed by atoms with Crippen LogP contribution in [0.2, 0.25) is 0 Å². The number of hydrogen-bond donors (Lipinski definition) is 1. The molecule has 0 amide bonds. The molecule has 3 nitrogen and oxygen atoms in total. The lowest BCUT2D eigenvalue weighted by molar-refractivity contribution is 0.127. The minimum absolute atomic E-state index is 0.164. The van der Waals surface area contributed by atoms with E-state index in [9.17, 15) is 5.11 Å². The molecule has 3 rings (SSSR count). The lowest BCUT2D eigenvalue weighted by Crippen LogP contribution is -2.17. The van der Waals surface area contributed by atoms with Crippen LogP contribution in [0.5, 0.6) is 0 Å². The van der Waals surface area contributed by atoms with Crippen LogP contribution in [0.3, 0.4) is 0 Å². The normalized spacial score (nSPS) is 13.4. The highest BCUT2D eigenvalue weighted by molar-refractivity contribution is 7.99. The Labute approximate surface area is 158 Å².